The molecular weight excluding hydrogens is 493 g/mol. The van der Waals surface area contributed by atoms with Gasteiger partial charge in [-0.05, 0) is 61.6 Å². The fraction of sp³-hybridized carbons (Fsp3) is 0.435. The van der Waals surface area contributed by atoms with E-state index in [4.69, 9.17) is 14.5 Å². The van der Waals surface area contributed by atoms with Crippen LogP contribution in [0.4, 0.5) is 0 Å². The molecule has 0 saturated carbocycles. The monoisotopic (exact) mass is 527 g/mol. The predicted octanol–water partition coefficient (Wildman–Crippen LogP) is 4.11. The Labute approximate surface area is 197 Å². The van der Waals surface area contributed by atoms with Gasteiger partial charge in [0.1, 0.15) is 11.5 Å². The van der Waals surface area contributed by atoms with Gasteiger partial charge in [0, 0.05) is 26.3 Å². The number of aromatic hydroxyl groups is 1. The highest BCUT2D eigenvalue weighted by atomic mass is 127. The normalized spacial score (nSPS) is 10.9. The van der Waals surface area contributed by atoms with E-state index in [-0.39, 0.29) is 24.0 Å². The van der Waals surface area contributed by atoms with Gasteiger partial charge in [0.25, 0.3) is 0 Å². The van der Waals surface area contributed by atoms with E-state index in [1.807, 2.05) is 43.3 Å². The highest BCUT2D eigenvalue weighted by molar-refractivity contribution is 14.0. The Balaban J connectivity index is 0.00000450. The average molecular weight is 527 g/mol. The van der Waals surface area contributed by atoms with Gasteiger partial charge in [-0.15, -0.1) is 24.0 Å². The molecule has 2 rings (SSSR count). The molecule has 0 fully saturated rings. The summed E-state index contributed by atoms with van der Waals surface area (Å²) < 4.78 is 10.6. The number of hydrogen-bond donors (Lipinski definition) is 3. The average Bonchev–Trinajstić information content (AvgIpc) is 2.75. The van der Waals surface area contributed by atoms with Gasteiger partial charge >= 0.3 is 0 Å². The third-order valence-corrected chi connectivity index (χ3v) is 4.41. The summed E-state index contributed by atoms with van der Waals surface area (Å²) in [6.07, 6.45) is 2.86. The summed E-state index contributed by atoms with van der Waals surface area (Å²) in [4.78, 5) is 4.70. The topological polar surface area (TPSA) is 75.1 Å². The Bertz CT molecular complexity index is 721. The number of ether oxygens (including phenoxy) is 2. The molecule has 6 nitrogen and oxygen atoms in total. The van der Waals surface area contributed by atoms with Gasteiger partial charge < -0.3 is 25.2 Å². The second-order valence-electron chi connectivity index (χ2n) is 6.69. The smallest absolute Gasteiger partial charge is 0.191 e. The van der Waals surface area contributed by atoms with Crippen molar-refractivity contribution in [3.63, 3.8) is 0 Å². The summed E-state index contributed by atoms with van der Waals surface area (Å²) in [6.45, 7) is 5.73. The molecule has 3 N–H and O–H groups in total. The number of guanidine groups is 1. The van der Waals surface area contributed by atoms with E-state index >= 15 is 0 Å². The van der Waals surface area contributed by atoms with Gasteiger partial charge in [-0.3, -0.25) is 0 Å². The summed E-state index contributed by atoms with van der Waals surface area (Å²) in [5.74, 6) is 1.96. The van der Waals surface area contributed by atoms with Crippen LogP contribution in [0, 0.1) is 0 Å². The molecule has 0 amide bonds. The predicted molar refractivity (Wildman–Crippen MR) is 133 cm³/mol. The molecule has 0 heterocycles. The van der Waals surface area contributed by atoms with Crippen LogP contribution in [0.2, 0.25) is 0 Å². The van der Waals surface area contributed by atoms with Crippen LogP contribution in [0.25, 0.3) is 0 Å². The molecule has 2 aromatic carbocycles. The molecule has 0 saturated heterocycles. The van der Waals surface area contributed by atoms with Crippen LogP contribution in [0.3, 0.4) is 0 Å². The van der Waals surface area contributed by atoms with Crippen molar-refractivity contribution in [2.75, 3.05) is 33.4 Å². The number of phenolic OH excluding ortho intramolecular Hbond substituents is 1. The maximum Gasteiger partial charge on any atom is 0.191 e. The van der Waals surface area contributed by atoms with Crippen molar-refractivity contribution in [1.29, 1.82) is 0 Å². The quantitative estimate of drug-likeness (QED) is 0.168. The van der Waals surface area contributed by atoms with Crippen LogP contribution in [0.5, 0.6) is 11.5 Å². The molecule has 30 heavy (non-hydrogen) atoms. The molecule has 0 aliphatic heterocycles. The standard InChI is InChI=1S/C23H33N3O3.HI/c1-3-29-17-5-16-25-23(26-18-20-9-13-22(28-2)14-10-20)24-15-4-6-19-7-11-21(27)12-8-19;/h7-14,27H,3-6,15-18H2,1-2H3,(H2,24,25,26);1H. The first-order valence-corrected chi connectivity index (χ1v) is 10.2. The highest BCUT2D eigenvalue weighted by Gasteiger charge is 2.01. The largest absolute Gasteiger partial charge is 0.508 e. The zero-order chi connectivity index (χ0) is 20.7. The van der Waals surface area contributed by atoms with Crippen LogP contribution < -0.4 is 15.4 Å². The van der Waals surface area contributed by atoms with Crippen LogP contribution in [0.1, 0.15) is 30.9 Å². The van der Waals surface area contributed by atoms with Crippen LogP contribution in [0.15, 0.2) is 53.5 Å². The molecule has 0 bridgehead atoms. The first kappa shape index (κ1) is 26.0. The minimum atomic E-state index is 0. The van der Waals surface area contributed by atoms with Gasteiger partial charge in [0.2, 0.25) is 0 Å². The van der Waals surface area contributed by atoms with Gasteiger partial charge in [0.05, 0.1) is 13.7 Å². The van der Waals surface area contributed by atoms with E-state index < -0.39 is 0 Å². The second kappa shape index (κ2) is 15.8. The number of halogens is 1. The van der Waals surface area contributed by atoms with E-state index in [2.05, 4.69) is 10.6 Å². The molecule has 2 aromatic rings. The lowest BCUT2D eigenvalue weighted by Gasteiger charge is -2.13. The van der Waals surface area contributed by atoms with Crippen molar-refractivity contribution < 1.29 is 14.6 Å². The third kappa shape index (κ3) is 10.7. The lowest BCUT2D eigenvalue weighted by atomic mass is 10.1. The van der Waals surface area contributed by atoms with Crippen molar-refractivity contribution in [3.8, 4) is 11.5 Å². The summed E-state index contributed by atoms with van der Waals surface area (Å²) >= 11 is 0. The number of rotatable bonds is 12. The zero-order valence-corrected chi connectivity index (χ0v) is 20.2. The summed E-state index contributed by atoms with van der Waals surface area (Å²) in [5, 5.41) is 16.2. The highest BCUT2D eigenvalue weighted by Crippen LogP contribution is 2.12. The fourth-order valence-electron chi connectivity index (χ4n) is 2.76. The molecule has 166 valence electrons. The number of benzene rings is 2. The van der Waals surface area contributed by atoms with Crippen molar-refractivity contribution in [2.24, 2.45) is 4.99 Å². The fourth-order valence-corrected chi connectivity index (χ4v) is 2.76. The molecule has 0 atom stereocenters. The number of aryl methyl sites for hydroxylation is 1. The molecule has 0 aromatic heterocycles. The Hall–Kier alpha value is -2.00. The molecule has 0 unspecified atom stereocenters. The Kier molecular flexibility index (Phi) is 13.7. The molecule has 0 aliphatic carbocycles. The van der Waals surface area contributed by atoms with Gasteiger partial charge in [-0.25, -0.2) is 4.99 Å². The minimum Gasteiger partial charge on any atom is -0.508 e. The molecule has 0 spiro atoms. The van der Waals surface area contributed by atoms with E-state index in [1.54, 1.807) is 19.2 Å². The van der Waals surface area contributed by atoms with Gasteiger partial charge in [-0.2, -0.15) is 0 Å². The van der Waals surface area contributed by atoms with E-state index in [0.29, 0.717) is 12.3 Å². The number of aliphatic imine (C=N–C) groups is 1. The van der Waals surface area contributed by atoms with Crippen LogP contribution >= 0.6 is 24.0 Å². The van der Waals surface area contributed by atoms with Crippen molar-refractivity contribution in [1.82, 2.24) is 10.6 Å². The maximum absolute atomic E-state index is 9.37. The SMILES string of the molecule is CCOCCCNC(=NCc1ccc(OC)cc1)NCCCc1ccc(O)cc1.I. The maximum atomic E-state index is 9.37. The first-order chi connectivity index (χ1) is 14.2. The molecule has 0 radical (unpaired) electrons. The molecule has 7 heteroatoms. The lowest BCUT2D eigenvalue weighted by molar-refractivity contribution is 0.145. The zero-order valence-electron chi connectivity index (χ0n) is 17.9. The van der Waals surface area contributed by atoms with E-state index in [9.17, 15) is 5.11 Å². The summed E-state index contributed by atoms with van der Waals surface area (Å²) in [6, 6.07) is 15.3. The summed E-state index contributed by atoms with van der Waals surface area (Å²) in [5.41, 5.74) is 2.34. The van der Waals surface area contributed by atoms with E-state index in [0.717, 1.165) is 62.8 Å². The van der Waals surface area contributed by atoms with Gasteiger partial charge in [0.15, 0.2) is 5.96 Å². The molecule has 0 aliphatic rings. The Morgan fingerprint density at radius 1 is 0.933 bits per heavy atom. The lowest BCUT2D eigenvalue weighted by Crippen LogP contribution is -2.38. The second-order valence-corrected chi connectivity index (χ2v) is 6.69. The number of hydrogen-bond acceptors (Lipinski definition) is 4. The van der Waals surface area contributed by atoms with E-state index in [1.165, 1.54) is 5.56 Å². The van der Waals surface area contributed by atoms with Crippen molar-refractivity contribution >= 4 is 29.9 Å². The first-order valence-electron chi connectivity index (χ1n) is 10.2. The minimum absolute atomic E-state index is 0. The number of phenols is 1. The molecular formula is C23H34IN3O3. The van der Waals surface area contributed by atoms with Crippen molar-refractivity contribution in [3.05, 3.63) is 59.7 Å². The Morgan fingerprint density at radius 3 is 2.20 bits per heavy atom. The van der Waals surface area contributed by atoms with Gasteiger partial charge in [-0.1, -0.05) is 24.3 Å². The van der Waals surface area contributed by atoms with Crippen LogP contribution in [-0.4, -0.2) is 44.5 Å². The number of methoxy groups -OCH3 is 1. The summed E-state index contributed by atoms with van der Waals surface area (Å²) in [7, 11) is 1.67. The van der Waals surface area contributed by atoms with Crippen LogP contribution in [-0.2, 0) is 17.7 Å². The number of nitrogens with zero attached hydrogens (tertiary/aromatic N) is 1. The number of nitrogens with one attached hydrogen (secondary N) is 2. The third-order valence-electron chi connectivity index (χ3n) is 4.41. The Morgan fingerprint density at radius 2 is 1.57 bits per heavy atom. The van der Waals surface area contributed by atoms with Crippen molar-refractivity contribution in [2.45, 2.75) is 32.7 Å².